The monoisotopic (exact) mass is 228 g/mol. The summed E-state index contributed by atoms with van der Waals surface area (Å²) in [4.78, 5) is 14.2. The number of ether oxygens (including phenoxy) is 1. The van der Waals surface area contributed by atoms with E-state index in [4.69, 9.17) is 10.5 Å². The molecule has 0 aliphatic carbocycles. The van der Waals surface area contributed by atoms with Gasteiger partial charge in [0.2, 0.25) is 5.91 Å². The van der Waals surface area contributed by atoms with Gasteiger partial charge in [-0.25, -0.2) is 0 Å². The summed E-state index contributed by atoms with van der Waals surface area (Å²) >= 11 is 0. The quantitative estimate of drug-likeness (QED) is 0.781. The van der Waals surface area contributed by atoms with E-state index < -0.39 is 0 Å². The van der Waals surface area contributed by atoms with Gasteiger partial charge in [0, 0.05) is 26.7 Å². The molecule has 0 bridgehead atoms. The Bertz CT molecular complexity index is 231. The molecule has 1 amide bonds. The van der Waals surface area contributed by atoms with E-state index in [-0.39, 0.29) is 11.3 Å². The first-order valence-electron chi connectivity index (χ1n) is 6.09. The van der Waals surface area contributed by atoms with Gasteiger partial charge < -0.3 is 15.4 Å². The molecule has 1 unspecified atom stereocenters. The fourth-order valence-electron chi connectivity index (χ4n) is 2.06. The van der Waals surface area contributed by atoms with E-state index >= 15 is 0 Å². The lowest BCUT2D eigenvalue weighted by Crippen LogP contribution is -2.49. The Labute approximate surface area is 98.1 Å². The molecule has 16 heavy (non-hydrogen) atoms. The third-order valence-electron chi connectivity index (χ3n) is 3.81. The molecule has 1 rings (SSSR count). The molecule has 0 radical (unpaired) electrons. The number of nitrogens with zero attached hydrogens (tertiary/aromatic N) is 1. The van der Waals surface area contributed by atoms with Gasteiger partial charge in [-0.15, -0.1) is 0 Å². The number of nitrogens with two attached hydrogens (primary N) is 1. The molecule has 4 nitrogen and oxygen atoms in total. The first-order chi connectivity index (χ1) is 7.57. The van der Waals surface area contributed by atoms with Gasteiger partial charge in [0.25, 0.3) is 0 Å². The molecule has 1 atom stereocenters. The average Bonchev–Trinajstić information content (AvgIpc) is 2.37. The van der Waals surface area contributed by atoms with Crippen LogP contribution < -0.4 is 5.73 Å². The molecule has 0 aromatic heterocycles. The van der Waals surface area contributed by atoms with Crippen LogP contribution in [0.25, 0.3) is 0 Å². The van der Waals surface area contributed by atoms with Crippen LogP contribution in [0.5, 0.6) is 0 Å². The summed E-state index contributed by atoms with van der Waals surface area (Å²) in [7, 11) is 1.73. The van der Waals surface area contributed by atoms with Gasteiger partial charge in [-0.2, -0.15) is 0 Å². The van der Waals surface area contributed by atoms with E-state index in [9.17, 15) is 4.79 Å². The highest BCUT2D eigenvalue weighted by molar-refractivity contribution is 5.82. The third-order valence-corrected chi connectivity index (χ3v) is 3.81. The van der Waals surface area contributed by atoms with Crippen molar-refractivity contribution in [3.8, 4) is 0 Å². The summed E-state index contributed by atoms with van der Waals surface area (Å²) in [6.45, 7) is 6.00. The van der Waals surface area contributed by atoms with E-state index in [1.165, 1.54) is 0 Å². The predicted molar refractivity (Wildman–Crippen MR) is 64.1 cm³/mol. The summed E-state index contributed by atoms with van der Waals surface area (Å²) in [6, 6.07) is 0. The van der Waals surface area contributed by atoms with Crippen LogP contribution in [0.1, 0.15) is 33.1 Å². The fraction of sp³-hybridized carbons (Fsp3) is 0.917. The molecular formula is C12H24N2O2. The van der Waals surface area contributed by atoms with Crippen molar-refractivity contribution in [2.45, 2.75) is 39.2 Å². The number of rotatable bonds is 4. The molecule has 1 aliphatic rings. The number of piperidine rings is 1. The van der Waals surface area contributed by atoms with Gasteiger partial charge in [0.05, 0.1) is 11.5 Å². The van der Waals surface area contributed by atoms with E-state index in [1.54, 1.807) is 7.11 Å². The van der Waals surface area contributed by atoms with Crippen molar-refractivity contribution >= 4 is 5.91 Å². The molecule has 1 heterocycles. The molecule has 1 fully saturated rings. The molecule has 1 saturated heterocycles. The van der Waals surface area contributed by atoms with Gasteiger partial charge in [0.15, 0.2) is 0 Å². The van der Waals surface area contributed by atoms with Crippen LogP contribution in [-0.2, 0) is 9.53 Å². The normalized spacial score (nSPS) is 21.9. The molecule has 0 aromatic rings. The fourth-order valence-corrected chi connectivity index (χ4v) is 2.06. The molecule has 94 valence electrons. The summed E-state index contributed by atoms with van der Waals surface area (Å²) < 4.78 is 5.29. The van der Waals surface area contributed by atoms with Crippen LogP contribution in [-0.4, -0.2) is 43.7 Å². The Morgan fingerprint density at radius 3 is 2.44 bits per heavy atom. The summed E-state index contributed by atoms with van der Waals surface area (Å²) in [6.07, 6.45) is 2.99. The van der Waals surface area contributed by atoms with Gasteiger partial charge in [-0.05, 0) is 26.2 Å². The molecule has 0 saturated carbocycles. The number of amides is 1. The molecule has 0 aromatic carbocycles. The predicted octanol–water partition coefficient (Wildman–Crippen LogP) is 0.999. The average molecular weight is 228 g/mol. The Balaban J connectivity index is 2.56. The van der Waals surface area contributed by atoms with E-state index in [0.29, 0.717) is 12.6 Å². The maximum absolute atomic E-state index is 12.3. The second-order valence-electron chi connectivity index (χ2n) is 4.85. The number of carbonyl (C=O) groups is 1. The van der Waals surface area contributed by atoms with Crippen LogP contribution in [0.4, 0.5) is 0 Å². The number of methoxy groups -OCH3 is 1. The van der Waals surface area contributed by atoms with Gasteiger partial charge in [0.1, 0.15) is 0 Å². The van der Waals surface area contributed by atoms with Crippen molar-refractivity contribution in [3.63, 3.8) is 0 Å². The maximum atomic E-state index is 12.3. The lowest BCUT2D eigenvalue weighted by Gasteiger charge is -2.37. The number of hydrogen-bond donors (Lipinski definition) is 1. The van der Waals surface area contributed by atoms with Crippen LogP contribution in [0, 0.1) is 5.41 Å². The zero-order valence-corrected chi connectivity index (χ0v) is 10.7. The highest BCUT2D eigenvalue weighted by Gasteiger charge is 2.35. The van der Waals surface area contributed by atoms with Crippen molar-refractivity contribution in [2.24, 2.45) is 11.1 Å². The van der Waals surface area contributed by atoms with Gasteiger partial charge >= 0.3 is 0 Å². The second kappa shape index (κ2) is 5.64. The molecule has 4 heteroatoms. The van der Waals surface area contributed by atoms with E-state index in [0.717, 1.165) is 32.4 Å². The van der Waals surface area contributed by atoms with Gasteiger partial charge in [-0.3, -0.25) is 4.79 Å². The lowest BCUT2D eigenvalue weighted by atomic mass is 9.85. The smallest absolute Gasteiger partial charge is 0.229 e. The van der Waals surface area contributed by atoms with Gasteiger partial charge in [-0.1, -0.05) is 6.92 Å². The van der Waals surface area contributed by atoms with Crippen molar-refractivity contribution in [1.29, 1.82) is 0 Å². The minimum Gasteiger partial charge on any atom is -0.381 e. The summed E-state index contributed by atoms with van der Waals surface area (Å²) in [5.41, 5.74) is 5.32. The topological polar surface area (TPSA) is 55.6 Å². The zero-order valence-electron chi connectivity index (χ0n) is 10.7. The number of likely N-dealkylation sites (tertiary alicyclic amines) is 1. The molecule has 0 spiro atoms. The summed E-state index contributed by atoms with van der Waals surface area (Å²) in [5.74, 6) is 0.201. The maximum Gasteiger partial charge on any atom is 0.229 e. The lowest BCUT2D eigenvalue weighted by molar-refractivity contribution is -0.143. The SMILES string of the molecule is CCC(C)(CN)C(=O)N1CCC(OC)CC1. The zero-order chi connectivity index (χ0) is 12.2. The minimum absolute atomic E-state index is 0.201. The van der Waals surface area contributed by atoms with Crippen molar-refractivity contribution in [2.75, 3.05) is 26.7 Å². The molecule has 1 aliphatic heterocycles. The van der Waals surface area contributed by atoms with Crippen molar-refractivity contribution in [1.82, 2.24) is 4.90 Å². The van der Waals surface area contributed by atoms with Crippen LogP contribution in [0.2, 0.25) is 0 Å². The standard InChI is InChI=1S/C12H24N2O2/c1-4-12(2,9-13)11(15)14-7-5-10(16-3)6-8-14/h10H,4-9,13H2,1-3H3. The highest BCUT2D eigenvalue weighted by Crippen LogP contribution is 2.25. The second-order valence-corrected chi connectivity index (χ2v) is 4.85. The minimum atomic E-state index is -0.389. The van der Waals surface area contributed by atoms with Crippen molar-refractivity contribution < 1.29 is 9.53 Å². The first-order valence-corrected chi connectivity index (χ1v) is 6.09. The molecular weight excluding hydrogens is 204 g/mol. The largest absolute Gasteiger partial charge is 0.381 e. The Kier molecular flexibility index (Phi) is 4.74. The van der Waals surface area contributed by atoms with Crippen molar-refractivity contribution in [3.05, 3.63) is 0 Å². The summed E-state index contributed by atoms with van der Waals surface area (Å²) in [5, 5.41) is 0. The Morgan fingerprint density at radius 1 is 1.50 bits per heavy atom. The Hall–Kier alpha value is -0.610. The number of hydrogen-bond acceptors (Lipinski definition) is 3. The third kappa shape index (κ3) is 2.74. The Morgan fingerprint density at radius 2 is 2.06 bits per heavy atom. The number of carbonyl (C=O) groups excluding carboxylic acids is 1. The van der Waals surface area contributed by atoms with Crippen LogP contribution in [0.3, 0.4) is 0 Å². The first kappa shape index (κ1) is 13.5. The van der Waals surface area contributed by atoms with Crippen LogP contribution in [0.15, 0.2) is 0 Å². The van der Waals surface area contributed by atoms with Crippen LogP contribution >= 0.6 is 0 Å². The molecule has 2 N–H and O–H groups in total. The van der Waals surface area contributed by atoms with E-state index in [1.807, 2.05) is 18.7 Å². The highest BCUT2D eigenvalue weighted by atomic mass is 16.5. The van der Waals surface area contributed by atoms with E-state index in [2.05, 4.69) is 0 Å².